The zero-order valence-corrected chi connectivity index (χ0v) is 17.9. The van der Waals surface area contributed by atoms with E-state index in [-0.39, 0.29) is 10.8 Å². The van der Waals surface area contributed by atoms with Crippen molar-refractivity contribution >= 4 is 46.3 Å². The van der Waals surface area contributed by atoms with E-state index in [2.05, 4.69) is 12.2 Å². The maximum Gasteiger partial charge on any atom is 0.173 e. The number of nitrogens with zero attached hydrogens (tertiary/aromatic N) is 1. The Morgan fingerprint density at radius 1 is 1.26 bits per heavy atom. The second-order valence-corrected chi connectivity index (χ2v) is 7.67. The highest BCUT2D eigenvalue weighted by Gasteiger charge is 2.39. The summed E-state index contributed by atoms with van der Waals surface area (Å²) in [5, 5.41) is 4.53. The Morgan fingerprint density at radius 3 is 2.59 bits per heavy atom. The van der Waals surface area contributed by atoms with E-state index in [9.17, 15) is 4.79 Å². The van der Waals surface area contributed by atoms with Crippen LogP contribution in [0.1, 0.15) is 44.2 Å². The van der Waals surface area contributed by atoms with E-state index in [0.717, 1.165) is 37.1 Å². The van der Waals surface area contributed by atoms with E-state index < -0.39 is 6.04 Å². The lowest BCUT2D eigenvalue weighted by Gasteiger charge is -2.41. The largest absolute Gasteiger partial charge is 0.495 e. The van der Waals surface area contributed by atoms with Crippen molar-refractivity contribution in [2.24, 2.45) is 0 Å². The third kappa shape index (κ3) is 3.50. The minimum atomic E-state index is -0.454. The van der Waals surface area contributed by atoms with Crippen LogP contribution in [0.2, 0.25) is 10.0 Å². The summed E-state index contributed by atoms with van der Waals surface area (Å²) < 4.78 is 10.8. The van der Waals surface area contributed by atoms with Crippen LogP contribution in [-0.2, 0) is 4.79 Å². The second kappa shape index (κ2) is 8.25. The highest BCUT2D eigenvalue weighted by Crippen LogP contribution is 2.47. The van der Waals surface area contributed by atoms with Crippen LogP contribution >= 0.6 is 35.4 Å². The van der Waals surface area contributed by atoms with Gasteiger partial charge in [0.05, 0.1) is 25.3 Å². The molecule has 0 amide bonds. The molecule has 0 aromatic heterocycles. The van der Waals surface area contributed by atoms with Crippen LogP contribution in [0.3, 0.4) is 0 Å². The van der Waals surface area contributed by atoms with Gasteiger partial charge in [-0.15, -0.1) is 0 Å². The minimum Gasteiger partial charge on any atom is -0.495 e. The molecular formula is C19H22Cl2N2O3S. The van der Waals surface area contributed by atoms with Gasteiger partial charge >= 0.3 is 0 Å². The van der Waals surface area contributed by atoms with Gasteiger partial charge in [-0.3, -0.25) is 4.79 Å². The fraction of sp³-hybridized carbons (Fsp3) is 0.474. The molecule has 0 bridgehead atoms. The third-order valence-electron chi connectivity index (χ3n) is 4.88. The number of ether oxygens (including phenoxy) is 2. The van der Waals surface area contributed by atoms with Gasteiger partial charge in [-0.05, 0) is 37.5 Å². The molecule has 1 unspecified atom stereocenters. The SMILES string of the molecule is CCCN1C(=S)NC(c2cc(Cl)c(OC)c(Cl)c2OC)C2=C1CCCC2=O. The number of thiocarbonyl (C=S) groups is 1. The zero-order valence-electron chi connectivity index (χ0n) is 15.5. The molecule has 3 rings (SSSR count). The van der Waals surface area contributed by atoms with Crippen molar-refractivity contribution in [2.75, 3.05) is 20.8 Å². The molecule has 1 atom stereocenters. The maximum atomic E-state index is 12.9. The number of nitrogens with one attached hydrogen (secondary N) is 1. The molecule has 1 aromatic carbocycles. The van der Waals surface area contributed by atoms with E-state index in [4.69, 9.17) is 44.9 Å². The molecule has 27 heavy (non-hydrogen) atoms. The fourth-order valence-corrected chi connectivity index (χ4v) is 4.78. The lowest BCUT2D eigenvalue weighted by molar-refractivity contribution is -0.116. The summed E-state index contributed by atoms with van der Waals surface area (Å²) in [6.07, 6.45) is 3.10. The number of hydrogen-bond donors (Lipinski definition) is 1. The first kappa shape index (κ1) is 20.2. The van der Waals surface area contributed by atoms with Crippen LogP contribution in [0.4, 0.5) is 0 Å². The number of methoxy groups -OCH3 is 2. The lowest BCUT2D eigenvalue weighted by Crippen LogP contribution is -2.49. The second-order valence-electron chi connectivity index (χ2n) is 6.50. The van der Waals surface area contributed by atoms with Crippen molar-refractivity contribution in [3.05, 3.63) is 32.9 Å². The van der Waals surface area contributed by atoms with Gasteiger partial charge in [-0.1, -0.05) is 30.1 Å². The molecule has 5 nitrogen and oxygen atoms in total. The van der Waals surface area contributed by atoms with Crippen molar-refractivity contribution in [1.29, 1.82) is 0 Å². The predicted molar refractivity (Wildman–Crippen MR) is 111 cm³/mol. The quantitative estimate of drug-likeness (QED) is 0.688. The van der Waals surface area contributed by atoms with Crippen molar-refractivity contribution in [2.45, 2.75) is 38.6 Å². The Hall–Kier alpha value is -1.50. The predicted octanol–water partition coefficient (Wildman–Crippen LogP) is 4.66. The molecule has 8 heteroatoms. The fourth-order valence-electron chi connectivity index (χ4n) is 3.76. The van der Waals surface area contributed by atoms with Gasteiger partial charge in [-0.25, -0.2) is 0 Å². The van der Waals surface area contributed by atoms with Crippen LogP contribution < -0.4 is 14.8 Å². The summed E-state index contributed by atoms with van der Waals surface area (Å²) in [5.41, 5.74) is 2.39. The Morgan fingerprint density at radius 2 is 1.96 bits per heavy atom. The van der Waals surface area contributed by atoms with Crippen LogP contribution in [-0.4, -0.2) is 36.6 Å². The Balaban J connectivity index is 2.21. The summed E-state index contributed by atoms with van der Waals surface area (Å²) in [6, 6.07) is 1.28. The number of ketones is 1. The van der Waals surface area contributed by atoms with Gasteiger partial charge in [0.1, 0.15) is 10.8 Å². The highest BCUT2D eigenvalue weighted by molar-refractivity contribution is 7.80. The van der Waals surface area contributed by atoms with E-state index in [1.807, 2.05) is 4.90 Å². The molecule has 1 aromatic rings. The van der Waals surface area contributed by atoms with E-state index in [0.29, 0.717) is 33.6 Å². The van der Waals surface area contributed by atoms with Crippen molar-refractivity contribution in [3.63, 3.8) is 0 Å². The number of allylic oxidation sites excluding steroid dienone is 1. The van der Waals surface area contributed by atoms with Crippen molar-refractivity contribution in [3.8, 4) is 11.5 Å². The van der Waals surface area contributed by atoms with Gasteiger partial charge < -0.3 is 19.7 Å². The molecule has 1 aliphatic heterocycles. The van der Waals surface area contributed by atoms with Gasteiger partial charge in [0.25, 0.3) is 0 Å². The van der Waals surface area contributed by atoms with Gasteiger partial charge in [0.2, 0.25) is 0 Å². The van der Waals surface area contributed by atoms with Gasteiger partial charge in [-0.2, -0.15) is 0 Å². The zero-order chi connectivity index (χ0) is 19.7. The average Bonchev–Trinajstić information content (AvgIpc) is 2.64. The summed E-state index contributed by atoms with van der Waals surface area (Å²) in [6.45, 7) is 2.86. The number of halogens is 2. The van der Waals surface area contributed by atoms with Gasteiger partial charge in [0, 0.05) is 29.8 Å². The van der Waals surface area contributed by atoms with Crippen LogP contribution in [0, 0.1) is 0 Å². The normalized spacial score (nSPS) is 19.7. The summed E-state index contributed by atoms with van der Waals surface area (Å²) >= 11 is 18.4. The molecule has 0 fully saturated rings. The number of Topliss-reactive ketones (excluding diaryl/α,β-unsaturated/α-hetero) is 1. The molecule has 1 aliphatic carbocycles. The number of benzene rings is 1. The first-order chi connectivity index (χ1) is 12.9. The molecule has 0 radical (unpaired) electrons. The van der Waals surface area contributed by atoms with Crippen LogP contribution in [0.5, 0.6) is 11.5 Å². The summed E-state index contributed by atoms with van der Waals surface area (Å²) in [7, 11) is 3.02. The number of carbonyl (C=O) groups is 1. The standard InChI is InChI=1S/C19H22Cl2N2O3S/c1-4-8-23-12-6-5-7-13(24)14(12)16(22-19(23)27)10-9-11(20)18(26-3)15(21)17(10)25-2/h9,16H,4-8H2,1-3H3,(H,22,27). The lowest BCUT2D eigenvalue weighted by atomic mass is 9.84. The smallest absolute Gasteiger partial charge is 0.173 e. The monoisotopic (exact) mass is 428 g/mol. The molecule has 0 saturated heterocycles. The van der Waals surface area contributed by atoms with Crippen molar-refractivity contribution in [1.82, 2.24) is 10.2 Å². The molecular weight excluding hydrogens is 407 g/mol. The van der Waals surface area contributed by atoms with E-state index >= 15 is 0 Å². The molecule has 0 saturated carbocycles. The number of rotatable bonds is 5. The first-order valence-electron chi connectivity index (χ1n) is 8.88. The Bertz CT molecular complexity index is 826. The van der Waals surface area contributed by atoms with E-state index in [1.165, 1.54) is 14.2 Å². The van der Waals surface area contributed by atoms with E-state index in [1.54, 1.807) is 6.07 Å². The Labute approximate surface area is 174 Å². The molecule has 0 spiro atoms. The van der Waals surface area contributed by atoms with Crippen molar-refractivity contribution < 1.29 is 14.3 Å². The number of hydrogen-bond acceptors (Lipinski definition) is 4. The average molecular weight is 429 g/mol. The summed E-state index contributed by atoms with van der Waals surface area (Å²) in [5.74, 6) is 0.879. The molecule has 1 N–H and O–H groups in total. The van der Waals surface area contributed by atoms with Crippen LogP contribution in [0.25, 0.3) is 0 Å². The maximum absolute atomic E-state index is 12.9. The molecule has 1 heterocycles. The molecule has 2 aliphatic rings. The van der Waals surface area contributed by atoms with Crippen LogP contribution in [0.15, 0.2) is 17.3 Å². The molecule has 146 valence electrons. The first-order valence-corrected chi connectivity index (χ1v) is 10.0. The third-order valence-corrected chi connectivity index (χ3v) is 5.84. The number of carbonyl (C=O) groups excluding carboxylic acids is 1. The van der Waals surface area contributed by atoms with Gasteiger partial charge in [0.15, 0.2) is 16.6 Å². The minimum absolute atomic E-state index is 0.113. The Kier molecular flexibility index (Phi) is 6.18. The summed E-state index contributed by atoms with van der Waals surface area (Å²) in [4.78, 5) is 14.9. The highest BCUT2D eigenvalue weighted by atomic mass is 35.5. The topological polar surface area (TPSA) is 50.8 Å².